The minimum absolute atomic E-state index is 0.130. The molecule has 3 aromatic rings. The first kappa shape index (κ1) is 20.8. The number of aryl methyl sites for hydroxylation is 1. The lowest BCUT2D eigenvalue weighted by Gasteiger charge is -2.17. The SMILES string of the molecule is CCn1ncc(Br)c1CN(C)C(=O)c1ccc(COc2cccc(Cl)c2Cl)o1. The van der Waals surface area contributed by atoms with Crippen molar-refractivity contribution >= 4 is 45.0 Å². The number of carbonyl (C=O) groups is 1. The van der Waals surface area contributed by atoms with Crippen molar-refractivity contribution in [2.45, 2.75) is 26.6 Å². The van der Waals surface area contributed by atoms with Crippen LogP contribution in [0.1, 0.15) is 28.9 Å². The summed E-state index contributed by atoms with van der Waals surface area (Å²) in [5.74, 6) is 0.959. The second-order valence-electron chi connectivity index (χ2n) is 6.02. The summed E-state index contributed by atoms with van der Waals surface area (Å²) < 4.78 is 14.0. The highest BCUT2D eigenvalue weighted by molar-refractivity contribution is 9.10. The van der Waals surface area contributed by atoms with Crippen molar-refractivity contribution in [3.63, 3.8) is 0 Å². The summed E-state index contributed by atoms with van der Waals surface area (Å²) in [7, 11) is 1.71. The van der Waals surface area contributed by atoms with E-state index < -0.39 is 0 Å². The monoisotopic (exact) mass is 485 g/mol. The lowest BCUT2D eigenvalue weighted by atomic mass is 10.3. The van der Waals surface area contributed by atoms with Gasteiger partial charge in [0.2, 0.25) is 0 Å². The van der Waals surface area contributed by atoms with Gasteiger partial charge < -0.3 is 14.1 Å². The normalized spacial score (nSPS) is 10.9. The largest absolute Gasteiger partial charge is 0.484 e. The first-order valence-corrected chi connectivity index (χ1v) is 10.1. The van der Waals surface area contributed by atoms with E-state index >= 15 is 0 Å². The van der Waals surface area contributed by atoms with Gasteiger partial charge in [-0.3, -0.25) is 9.48 Å². The van der Waals surface area contributed by atoms with E-state index in [1.807, 2.05) is 11.6 Å². The Morgan fingerprint density at radius 3 is 2.86 bits per heavy atom. The molecule has 0 saturated carbocycles. The number of rotatable bonds is 7. The number of halogens is 3. The molecule has 3 rings (SSSR count). The topological polar surface area (TPSA) is 60.5 Å². The molecular weight excluding hydrogens is 469 g/mol. The fourth-order valence-electron chi connectivity index (χ4n) is 2.62. The quantitative estimate of drug-likeness (QED) is 0.447. The standard InChI is InChI=1S/C19H18BrCl2N3O3/c1-3-25-15(13(20)9-23-25)10-24(2)19(26)17-8-7-12(28-17)11-27-16-6-4-5-14(21)18(16)22/h4-9H,3,10-11H2,1-2H3. The van der Waals surface area contributed by atoms with Crippen LogP contribution in [0, 0.1) is 0 Å². The second kappa shape index (κ2) is 9.03. The molecule has 0 aliphatic carbocycles. The molecule has 1 aromatic carbocycles. The molecule has 148 valence electrons. The van der Waals surface area contributed by atoms with Crippen molar-refractivity contribution in [1.29, 1.82) is 0 Å². The molecule has 2 heterocycles. The van der Waals surface area contributed by atoms with E-state index in [1.165, 1.54) is 0 Å². The van der Waals surface area contributed by atoms with Crippen LogP contribution in [0.3, 0.4) is 0 Å². The Bertz CT molecular complexity index is 987. The van der Waals surface area contributed by atoms with Crippen LogP contribution in [0.5, 0.6) is 5.75 Å². The van der Waals surface area contributed by atoms with Crippen LogP contribution >= 0.6 is 39.1 Å². The van der Waals surface area contributed by atoms with E-state index in [2.05, 4.69) is 21.0 Å². The molecular formula is C19H18BrCl2N3O3. The molecule has 0 N–H and O–H groups in total. The van der Waals surface area contributed by atoms with E-state index in [1.54, 1.807) is 48.5 Å². The van der Waals surface area contributed by atoms with Crippen molar-refractivity contribution in [3.8, 4) is 5.75 Å². The van der Waals surface area contributed by atoms with E-state index in [0.29, 0.717) is 28.1 Å². The number of aromatic nitrogens is 2. The minimum atomic E-state index is -0.234. The zero-order valence-electron chi connectivity index (χ0n) is 15.3. The lowest BCUT2D eigenvalue weighted by Crippen LogP contribution is -2.27. The Labute approximate surface area is 181 Å². The van der Waals surface area contributed by atoms with Gasteiger partial charge in [-0.05, 0) is 47.1 Å². The summed E-state index contributed by atoms with van der Waals surface area (Å²) in [6.45, 7) is 3.25. The minimum Gasteiger partial charge on any atom is -0.484 e. The number of hydrogen-bond acceptors (Lipinski definition) is 4. The molecule has 9 heteroatoms. The Kier molecular flexibility index (Phi) is 6.69. The van der Waals surface area contributed by atoms with Crippen molar-refractivity contribution in [2.75, 3.05) is 7.05 Å². The van der Waals surface area contributed by atoms with Crippen molar-refractivity contribution in [3.05, 3.63) is 68.3 Å². The predicted octanol–water partition coefficient (Wildman–Crippen LogP) is 5.42. The molecule has 0 spiro atoms. The summed E-state index contributed by atoms with van der Waals surface area (Å²) in [6, 6.07) is 8.47. The average Bonchev–Trinajstić information content (AvgIpc) is 3.29. The number of carbonyl (C=O) groups excluding carboxylic acids is 1. The number of furan rings is 1. The van der Waals surface area contributed by atoms with E-state index in [9.17, 15) is 4.79 Å². The number of amides is 1. The molecule has 0 aliphatic rings. The van der Waals surface area contributed by atoms with Gasteiger partial charge in [0.05, 0.1) is 27.9 Å². The molecule has 0 unspecified atom stereocenters. The Morgan fingerprint density at radius 1 is 1.32 bits per heavy atom. The molecule has 0 atom stereocenters. The van der Waals surface area contributed by atoms with Gasteiger partial charge in [-0.2, -0.15) is 5.10 Å². The molecule has 1 amide bonds. The fraction of sp³-hybridized carbons (Fsp3) is 0.263. The van der Waals surface area contributed by atoms with Gasteiger partial charge in [0, 0.05) is 13.6 Å². The first-order chi connectivity index (χ1) is 13.4. The van der Waals surface area contributed by atoms with Gasteiger partial charge in [0.1, 0.15) is 23.1 Å². The van der Waals surface area contributed by atoms with Crippen LogP contribution < -0.4 is 4.74 Å². The highest BCUT2D eigenvalue weighted by Gasteiger charge is 2.19. The van der Waals surface area contributed by atoms with Gasteiger partial charge in [-0.1, -0.05) is 29.3 Å². The summed E-state index contributed by atoms with van der Waals surface area (Å²) in [4.78, 5) is 14.3. The van der Waals surface area contributed by atoms with Gasteiger partial charge in [0.25, 0.3) is 5.91 Å². The third kappa shape index (κ3) is 4.54. The summed E-state index contributed by atoms with van der Waals surface area (Å²) in [6.07, 6.45) is 1.72. The molecule has 2 aromatic heterocycles. The van der Waals surface area contributed by atoms with Gasteiger partial charge in [-0.25, -0.2) is 0 Å². The van der Waals surface area contributed by atoms with Crippen LogP contribution in [-0.2, 0) is 19.7 Å². The van der Waals surface area contributed by atoms with Crippen LogP contribution in [-0.4, -0.2) is 27.6 Å². The third-order valence-corrected chi connectivity index (χ3v) is 5.55. The molecule has 0 saturated heterocycles. The maximum atomic E-state index is 12.7. The summed E-state index contributed by atoms with van der Waals surface area (Å²) >= 11 is 15.5. The van der Waals surface area contributed by atoms with E-state index in [0.717, 1.165) is 16.7 Å². The number of nitrogens with zero attached hydrogens (tertiary/aromatic N) is 3. The highest BCUT2D eigenvalue weighted by Crippen LogP contribution is 2.32. The molecule has 0 aliphatic heterocycles. The van der Waals surface area contributed by atoms with E-state index in [-0.39, 0.29) is 18.3 Å². The Morgan fingerprint density at radius 2 is 2.11 bits per heavy atom. The molecule has 6 nitrogen and oxygen atoms in total. The third-order valence-electron chi connectivity index (χ3n) is 4.09. The molecule has 0 bridgehead atoms. The summed E-state index contributed by atoms with van der Waals surface area (Å²) in [5, 5.41) is 5.01. The smallest absolute Gasteiger partial charge is 0.289 e. The number of benzene rings is 1. The highest BCUT2D eigenvalue weighted by atomic mass is 79.9. The maximum Gasteiger partial charge on any atom is 0.289 e. The molecule has 28 heavy (non-hydrogen) atoms. The second-order valence-corrected chi connectivity index (χ2v) is 7.66. The maximum absolute atomic E-state index is 12.7. The van der Waals surface area contributed by atoms with Crippen LogP contribution in [0.2, 0.25) is 10.0 Å². The van der Waals surface area contributed by atoms with Crippen LogP contribution in [0.25, 0.3) is 0 Å². The lowest BCUT2D eigenvalue weighted by molar-refractivity contribution is 0.0745. The van der Waals surface area contributed by atoms with E-state index in [4.69, 9.17) is 32.4 Å². The first-order valence-electron chi connectivity index (χ1n) is 8.51. The Hall–Kier alpha value is -1.96. The van der Waals surface area contributed by atoms with Gasteiger partial charge in [0.15, 0.2) is 5.76 Å². The van der Waals surface area contributed by atoms with Crippen molar-refractivity contribution < 1.29 is 13.9 Å². The van der Waals surface area contributed by atoms with Crippen LogP contribution in [0.4, 0.5) is 0 Å². The van der Waals surface area contributed by atoms with Gasteiger partial charge in [-0.15, -0.1) is 0 Å². The predicted molar refractivity (Wildman–Crippen MR) is 111 cm³/mol. The molecule has 0 radical (unpaired) electrons. The zero-order valence-corrected chi connectivity index (χ0v) is 18.4. The van der Waals surface area contributed by atoms with Gasteiger partial charge >= 0.3 is 0 Å². The number of ether oxygens (including phenoxy) is 1. The van der Waals surface area contributed by atoms with Crippen molar-refractivity contribution in [2.24, 2.45) is 0 Å². The fourth-order valence-corrected chi connectivity index (χ4v) is 3.38. The van der Waals surface area contributed by atoms with Crippen molar-refractivity contribution in [1.82, 2.24) is 14.7 Å². The number of hydrogen-bond donors (Lipinski definition) is 0. The summed E-state index contributed by atoms with van der Waals surface area (Å²) in [5.41, 5.74) is 0.920. The molecule has 0 fully saturated rings. The Balaban J connectivity index is 1.65. The average molecular weight is 487 g/mol. The zero-order chi connectivity index (χ0) is 20.3. The van der Waals surface area contributed by atoms with Crippen LogP contribution in [0.15, 0.2) is 45.4 Å².